The van der Waals surface area contributed by atoms with Crippen molar-refractivity contribution in [1.82, 2.24) is 19.8 Å². The Morgan fingerprint density at radius 3 is 2.63 bits per heavy atom. The molecular weight excluding hydrogens is 611 g/mol. The molecule has 1 aliphatic rings. The van der Waals surface area contributed by atoms with Crippen LogP contribution in [0.4, 0.5) is 0 Å². The lowest BCUT2D eigenvalue weighted by Crippen LogP contribution is -2.57. The van der Waals surface area contributed by atoms with Gasteiger partial charge in [0.1, 0.15) is 11.6 Å². The van der Waals surface area contributed by atoms with Gasteiger partial charge in [-0.1, -0.05) is 53.5 Å². The molecule has 224 valence electrons. The number of carbonyl (C=O) groups excluding carboxylic acids is 3. The largest absolute Gasteiger partial charge is 0.467 e. The van der Waals surface area contributed by atoms with Gasteiger partial charge in [-0.25, -0.2) is 9.78 Å². The van der Waals surface area contributed by atoms with Gasteiger partial charge in [-0.05, 0) is 40.1 Å². The Morgan fingerprint density at radius 2 is 1.91 bits per heavy atom. The van der Waals surface area contributed by atoms with Gasteiger partial charge in [-0.2, -0.15) is 0 Å². The summed E-state index contributed by atoms with van der Waals surface area (Å²) in [6.07, 6.45) is 6.59. The quantitative estimate of drug-likeness (QED) is 0.202. The van der Waals surface area contributed by atoms with E-state index in [1.807, 2.05) is 52.4 Å². The lowest BCUT2D eigenvalue weighted by atomic mass is 9.90. The first-order chi connectivity index (χ1) is 20.7. The van der Waals surface area contributed by atoms with Crippen molar-refractivity contribution in [2.45, 2.75) is 37.5 Å². The number of piperidine rings is 1. The predicted octanol–water partition coefficient (Wildman–Crippen LogP) is 4.72. The van der Waals surface area contributed by atoms with E-state index >= 15 is 0 Å². The van der Waals surface area contributed by atoms with Crippen molar-refractivity contribution in [3.8, 4) is 0 Å². The number of imidazole rings is 1. The number of rotatable bonds is 9. The number of hydrogen-bond acceptors (Lipinski definition) is 7. The number of nitrogens with one attached hydrogen (secondary N) is 1. The zero-order valence-corrected chi connectivity index (χ0v) is 25.7. The van der Waals surface area contributed by atoms with E-state index in [0.29, 0.717) is 27.8 Å². The van der Waals surface area contributed by atoms with Crippen molar-refractivity contribution in [3.63, 3.8) is 0 Å². The van der Waals surface area contributed by atoms with Crippen LogP contribution in [-0.2, 0) is 32.1 Å². The van der Waals surface area contributed by atoms with Gasteiger partial charge >= 0.3 is 5.97 Å². The van der Waals surface area contributed by atoms with Gasteiger partial charge in [0.25, 0.3) is 5.91 Å². The summed E-state index contributed by atoms with van der Waals surface area (Å²) in [5.41, 5.74) is 0.558. The van der Waals surface area contributed by atoms with E-state index in [1.54, 1.807) is 23.5 Å². The van der Waals surface area contributed by atoms with Crippen LogP contribution in [0.25, 0.3) is 16.2 Å². The Balaban J connectivity index is 1.18. The van der Waals surface area contributed by atoms with Crippen LogP contribution in [0.5, 0.6) is 0 Å². The van der Waals surface area contributed by atoms with Crippen molar-refractivity contribution in [2.24, 2.45) is 0 Å². The monoisotopic (exact) mass is 640 g/mol. The van der Waals surface area contributed by atoms with Crippen LogP contribution >= 0.6 is 34.5 Å². The number of carbonyl (C=O) groups is 3. The minimum atomic E-state index is -1.75. The molecule has 2 aromatic carbocycles. The minimum absolute atomic E-state index is 0.00541. The molecule has 1 fully saturated rings. The number of amides is 2. The Kier molecular flexibility index (Phi) is 9.51. The third-order valence-electron chi connectivity index (χ3n) is 7.48. The molecule has 0 spiro atoms. The van der Waals surface area contributed by atoms with Gasteiger partial charge in [0.2, 0.25) is 5.91 Å². The van der Waals surface area contributed by atoms with Crippen LogP contribution in [0.1, 0.15) is 29.7 Å². The third-order valence-corrected chi connectivity index (χ3v) is 9.42. The summed E-state index contributed by atoms with van der Waals surface area (Å²) in [6, 6.07) is 12.6. The Morgan fingerprint density at radius 1 is 1.16 bits per heavy atom. The molecule has 1 saturated heterocycles. The summed E-state index contributed by atoms with van der Waals surface area (Å²) in [5.74, 6) is -1.62. The predicted molar refractivity (Wildman–Crippen MR) is 167 cm³/mol. The number of likely N-dealkylation sites (tertiary alicyclic amines) is 1. The maximum Gasteiger partial charge on any atom is 0.328 e. The summed E-state index contributed by atoms with van der Waals surface area (Å²) in [4.78, 5) is 44.6. The summed E-state index contributed by atoms with van der Waals surface area (Å²) in [5, 5.41) is 17.5. The number of hydrogen-bond donors (Lipinski definition) is 2. The number of aromatic nitrogens is 2. The first-order valence-electron chi connectivity index (χ1n) is 13.6. The molecule has 2 N–H and O–H groups in total. The highest BCUT2D eigenvalue weighted by molar-refractivity contribution is 7.18. The van der Waals surface area contributed by atoms with Crippen LogP contribution < -0.4 is 5.32 Å². The molecule has 0 radical (unpaired) electrons. The van der Waals surface area contributed by atoms with Crippen LogP contribution in [0, 0.1) is 0 Å². The van der Waals surface area contributed by atoms with E-state index in [0.717, 1.165) is 15.6 Å². The number of esters is 1. The molecule has 0 bridgehead atoms. The molecule has 1 aliphatic heterocycles. The molecule has 4 aromatic rings. The minimum Gasteiger partial charge on any atom is -0.467 e. The highest BCUT2D eigenvalue weighted by atomic mass is 35.5. The molecule has 12 heteroatoms. The molecule has 1 unspecified atom stereocenters. The second-order valence-corrected chi connectivity index (χ2v) is 12.1. The molecule has 1 atom stereocenters. The smallest absolute Gasteiger partial charge is 0.328 e. The molecule has 2 amide bonds. The highest BCUT2D eigenvalue weighted by Gasteiger charge is 2.41. The Bertz CT molecular complexity index is 1660. The fraction of sp³-hybridized carbons (Fsp3) is 0.290. The molecule has 3 heterocycles. The number of methoxy groups -OCH3 is 1. The molecule has 43 heavy (non-hydrogen) atoms. The Labute approximate surface area is 262 Å². The first-order valence-corrected chi connectivity index (χ1v) is 15.3. The second kappa shape index (κ2) is 13.3. The van der Waals surface area contributed by atoms with Gasteiger partial charge in [-0.15, -0.1) is 11.3 Å². The summed E-state index contributed by atoms with van der Waals surface area (Å²) in [6.45, 7) is 0.910. The summed E-state index contributed by atoms with van der Waals surface area (Å²) in [7, 11) is 1.24. The van der Waals surface area contributed by atoms with Gasteiger partial charge in [0.05, 0.1) is 33.9 Å². The first kappa shape index (κ1) is 30.7. The van der Waals surface area contributed by atoms with E-state index in [-0.39, 0.29) is 38.3 Å². The van der Waals surface area contributed by atoms with Crippen LogP contribution in [-0.4, -0.2) is 69.2 Å². The molecular formula is C31H30Cl2N4O5S. The zero-order valence-electron chi connectivity index (χ0n) is 23.3. The second-order valence-electron chi connectivity index (χ2n) is 10.4. The van der Waals surface area contributed by atoms with Crippen molar-refractivity contribution in [1.29, 1.82) is 0 Å². The van der Waals surface area contributed by atoms with Crippen molar-refractivity contribution in [3.05, 3.63) is 93.3 Å². The van der Waals surface area contributed by atoms with Crippen LogP contribution in [0.2, 0.25) is 10.0 Å². The number of nitrogens with zero attached hydrogens (tertiary/aromatic N) is 3. The van der Waals surface area contributed by atoms with E-state index in [1.165, 1.54) is 24.5 Å². The molecule has 0 aliphatic carbocycles. The fourth-order valence-corrected chi connectivity index (χ4v) is 6.45. The van der Waals surface area contributed by atoms with Gasteiger partial charge in [0.15, 0.2) is 0 Å². The third kappa shape index (κ3) is 7.10. The molecule has 2 aromatic heterocycles. The highest BCUT2D eigenvalue weighted by Crippen LogP contribution is 2.37. The lowest BCUT2D eigenvalue weighted by molar-refractivity contribution is -0.153. The summed E-state index contributed by atoms with van der Waals surface area (Å²) >= 11 is 14.3. The van der Waals surface area contributed by atoms with Crippen molar-refractivity contribution in [2.75, 3.05) is 20.2 Å². The molecule has 0 saturated carbocycles. The fourth-order valence-electron chi connectivity index (χ4n) is 5.01. The maximum atomic E-state index is 13.2. The van der Waals surface area contributed by atoms with E-state index in [2.05, 4.69) is 10.3 Å². The number of aliphatic hydroxyl groups is 1. The standard InChI is InChI=1S/C31H30Cl2N4O5S/c1-42-29(39)24(16-23-18-36(19-34-23)17-20-5-3-2-4-6-20)35-30(40)31(41)10-12-37(13-11-31)25(38)8-7-21-15-22-9-14-43-28(22)27(33)26(21)32/h2-9,14-15,18-19,24,41H,10-13,16-17H2,1H3,(H,35,40). The van der Waals surface area contributed by atoms with Crippen LogP contribution in [0.3, 0.4) is 0 Å². The SMILES string of the molecule is COC(=O)C(Cc1cn(Cc2ccccc2)cn1)NC(=O)C1(O)CCN(C(=O)C=Cc2cc3ccsc3c(Cl)c2Cl)CC1. The van der Waals surface area contributed by atoms with E-state index in [4.69, 9.17) is 27.9 Å². The maximum absolute atomic E-state index is 13.2. The normalized spacial score (nSPS) is 15.5. The average Bonchev–Trinajstić information content (AvgIpc) is 3.67. The van der Waals surface area contributed by atoms with Gasteiger partial charge in [-0.3, -0.25) is 9.59 Å². The van der Waals surface area contributed by atoms with Crippen molar-refractivity contribution >= 4 is 68.5 Å². The lowest BCUT2D eigenvalue weighted by Gasteiger charge is -2.37. The van der Waals surface area contributed by atoms with Crippen LogP contribution in [0.15, 0.2) is 66.4 Å². The van der Waals surface area contributed by atoms with Gasteiger partial charge in [0, 0.05) is 51.2 Å². The number of thiophene rings is 1. The number of fused-ring (bicyclic) bond motifs is 1. The van der Waals surface area contributed by atoms with Gasteiger partial charge < -0.3 is 24.6 Å². The zero-order chi connectivity index (χ0) is 30.6. The number of halogens is 2. The molecule has 9 nitrogen and oxygen atoms in total. The van der Waals surface area contributed by atoms with Crippen molar-refractivity contribution < 1.29 is 24.2 Å². The molecule has 5 rings (SSSR count). The van der Waals surface area contributed by atoms with E-state index in [9.17, 15) is 19.5 Å². The topological polar surface area (TPSA) is 114 Å². The average molecular weight is 642 g/mol. The number of ether oxygens (including phenoxy) is 1. The number of benzene rings is 2. The Hall–Kier alpha value is -3.70. The van der Waals surface area contributed by atoms with E-state index < -0.39 is 23.5 Å². The summed E-state index contributed by atoms with van der Waals surface area (Å²) < 4.78 is 7.68.